The molecular weight excluding hydrogens is 396 g/mol. The van der Waals surface area contributed by atoms with Gasteiger partial charge in [-0.15, -0.1) is 11.3 Å². The number of sulfonamides is 1. The van der Waals surface area contributed by atoms with Crippen LogP contribution in [0.15, 0.2) is 48.1 Å². The maximum Gasteiger partial charge on any atom is 0.248 e. The van der Waals surface area contributed by atoms with Gasteiger partial charge in [0.2, 0.25) is 15.9 Å². The molecule has 0 atom stereocenters. The Bertz CT molecular complexity index is 770. The normalized spacial score (nSPS) is 11.4. The Morgan fingerprint density at radius 3 is 2.43 bits per heavy atom. The second kappa shape index (κ2) is 6.49. The average molecular weight is 407 g/mol. The van der Waals surface area contributed by atoms with Crippen molar-refractivity contribution in [2.75, 3.05) is 5.32 Å². The van der Waals surface area contributed by atoms with Gasteiger partial charge in [0.25, 0.3) is 0 Å². The van der Waals surface area contributed by atoms with E-state index in [2.05, 4.69) is 21.2 Å². The van der Waals surface area contributed by atoms with Crippen molar-refractivity contribution in [2.24, 2.45) is 5.14 Å². The van der Waals surface area contributed by atoms with Crippen LogP contribution in [0.1, 0.15) is 6.92 Å². The first-order valence-corrected chi connectivity index (χ1v) is 9.60. The summed E-state index contributed by atoms with van der Waals surface area (Å²) in [4.78, 5) is 11.9. The van der Waals surface area contributed by atoms with Crippen LogP contribution in [0.4, 0.5) is 5.69 Å². The molecule has 1 amide bonds. The molecule has 1 aromatic carbocycles. The molecule has 0 unspecified atom stereocenters. The summed E-state index contributed by atoms with van der Waals surface area (Å²) in [6.07, 6.45) is 0. The van der Waals surface area contributed by atoms with Gasteiger partial charge in [0.15, 0.2) is 0 Å². The Morgan fingerprint density at radius 2 is 1.95 bits per heavy atom. The van der Waals surface area contributed by atoms with Crippen LogP contribution in [-0.2, 0) is 14.8 Å². The first-order valence-electron chi connectivity index (χ1n) is 5.63. The number of benzene rings is 1. The van der Waals surface area contributed by atoms with Crippen molar-refractivity contribution in [1.29, 1.82) is 0 Å². The van der Waals surface area contributed by atoms with Crippen LogP contribution >= 0.6 is 39.0 Å². The molecule has 9 heteroatoms. The smallest absolute Gasteiger partial charge is 0.248 e. The van der Waals surface area contributed by atoms with Crippen LogP contribution in [0.3, 0.4) is 0 Å². The number of rotatable bonds is 4. The van der Waals surface area contributed by atoms with Crippen LogP contribution in [0, 0.1) is 0 Å². The number of nitrogens with one attached hydrogen (secondary N) is 1. The molecule has 0 saturated heterocycles. The average Bonchev–Trinajstić information content (AvgIpc) is 2.72. The molecular formula is C12H11BrN2O3S3. The van der Waals surface area contributed by atoms with Gasteiger partial charge < -0.3 is 5.32 Å². The van der Waals surface area contributed by atoms with E-state index in [9.17, 15) is 13.2 Å². The first kappa shape index (κ1) is 16.5. The van der Waals surface area contributed by atoms with Gasteiger partial charge in [-0.1, -0.05) is 11.8 Å². The largest absolute Gasteiger partial charge is 0.326 e. The highest BCUT2D eigenvalue weighted by Crippen LogP contribution is 2.39. The van der Waals surface area contributed by atoms with Gasteiger partial charge in [0, 0.05) is 22.0 Å². The lowest BCUT2D eigenvalue weighted by molar-refractivity contribution is -0.114. The summed E-state index contributed by atoms with van der Waals surface area (Å²) in [5.41, 5.74) is 0.712. The van der Waals surface area contributed by atoms with E-state index in [1.54, 1.807) is 18.2 Å². The van der Waals surface area contributed by atoms with Crippen molar-refractivity contribution in [1.82, 2.24) is 0 Å². The van der Waals surface area contributed by atoms with E-state index >= 15 is 0 Å². The van der Waals surface area contributed by atoms with Crippen LogP contribution in [0.5, 0.6) is 0 Å². The summed E-state index contributed by atoms with van der Waals surface area (Å²) in [6, 6.07) is 8.98. The van der Waals surface area contributed by atoms with Crippen molar-refractivity contribution >= 4 is 60.6 Å². The number of amides is 1. The molecule has 5 nitrogen and oxygen atoms in total. The zero-order chi connectivity index (χ0) is 15.6. The highest BCUT2D eigenvalue weighted by Gasteiger charge is 2.17. The van der Waals surface area contributed by atoms with Gasteiger partial charge in [-0.25, -0.2) is 13.6 Å². The van der Waals surface area contributed by atoms with E-state index in [4.69, 9.17) is 5.14 Å². The van der Waals surface area contributed by atoms with E-state index in [1.807, 2.05) is 12.1 Å². The fraction of sp³-hybridized carbons (Fsp3) is 0.0833. The predicted molar refractivity (Wildman–Crippen MR) is 88.3 cm³/mol. The Kier molecular flexibility index (Phi) is 5.10. The molecule has 0 radical (unpaired) electrons. The minimum Gasteiger partial charge on any atom is -0.326 e. The van der Waals surface area contributed by atoms with Gasteiger partial charge in [-0.05, 0) is 46.3 Å². The van der Waals surface area contributed by atoms with Gasteiger partial charge in [0.05, 0.1) is 4.21 Å². The minimum atomic E-state index is -3.71. The highest BCUT2D eigenvalue weighted by molar-refractivity contribution is 9.10. The van der Waals surface area contributed by atoms with Gasteiger partial charge >= 0.3 is 0 Å². The standard InChI is InChI=1S/C12H11BrN2O3S3/c1-7(16)15-8-2-4-9(5-3-8)19-11-6-10(13)12(20-11)21(14,17)18/h2-6H,1H3,(H,15,16)(H2,14,17,18). The first-order chi connectivity index (χ1) is 9.75. The second-order valence-corrected chi connectivity index (χ2v) is 9.09. The minimum absolute atomic E-state index is 0.111. The number of halogens is 1. The van der Waals surface area contributed by atoms with Crippen molar-refractivity contribution in [3.63, 3.8) is 0 Å². The van der Waals surface area contributed by atoms with E-state index in [1.165, 1.54) is 18.7 Å². The maximum atomic E-state index is 11.4. The third-order valence-corrected chi connectivity index (χ3v) is 7.17. The fourth-order valence-electron chi connectivity index (χ4n) is 1.50. The van der Waals surface area contributed by atoms with Crippen LogP contribution in [-0.4, -0.2) is 14.3 Å². The summed E-state index contributed by atoms with van der Waals surface area (Å²) in [5, 5.41) is 7.81. The number of thiophene rings is 1. The van der Waals surface area contributed by atoms with E-state index in [0.717, 1.165) is 20.4 Å². The molecule has 112 valence electrons. The molecule has 0 bridgehead atoms. The van der Waals surface area contributed by atoms with E-state index < -0.39 is 10.0 Å². The number of nitrogens with two attached hydrogens (primary N) is 1. The molecule has 0 aliphatic rings. The Hall–Kier alpha value is -0.870. The molecule has 1 heterocycles. The quantitative estimate of drug-likeness (QED) is 0.814. The summed E-state index contributed by atoms with van der Waals surface area (Å²) in [5.74, 6) is -0.129. The molecule has 2 aromatic rings. The molecule has 21 heavy (non-hydrogen) atoms. The summed E-state index contributed by atoms with van der Waals surface area (Å²) in [7, 11) is -3.71. The molecule has 1 aromatic heterocycles. The molecule has 0 fully saturated rings. The molecule has 3 N–H and O–H groups in total. The van der Waals surface area contributed by atoms with Crippen LogP contribution < -0.4 is 10.5 Å². The number of primary sulfonamides is 1. The molecule has 0 aliphatic heterocycles. The molecule has 0 spiro atoms. The number of anilines is 1. The monoisotopic (exact) mass is 406 g/mol. The lowest BCUT2D eigenvalue weighted by atomic mass is 10.3. The summed E-state index contributed by atoms with van der Waals surface area (Å²) < 4.78 is 24.1. The summed E-state index contributed by atoms with van der Waals surface area (Å²) >= 11 is 5.73. The van der Waals surface area contributed by atoms with Crippen molar-refractivity contribution in [3.05, 3.63) is 34.8 Å². The van der Waals surface area contributed by atoms with Gasteiger partial charge in [-0.3, -0.25) is 4.79 Å². The lowest BCUT2D eigenvalue weighted by Crippen LogP contribution is -2.10. The highest BCUT2D eigenvalue weighted by atomic mass is 79.9. The van der Waals surface area contributed by atoms with E-state index in [0.29, 0.717) is 10.2 Å². The van der Waals surface area contributed by atoms with Gasteiger partial charge in [-0.2, -0.15) is 0 Å². The Labute approximate surface area is 139 Å². The zero-order valence-electron chi connectivity index (χ0n) is 10.8. The molecule has 0 saturated carbocycles. The fourth-order valence-corrected chi connectivity index (χ4v) is 6.08. The van der Waals surface area contributed by atoms with Crippen molar-refractivity contribution in [2.45, 2.75) is 20.2 Å². The van der Waals surface area contributed by atoms with Crippen LogP contribution in [0.25, 0.3) is 0 Å². The molecule has 0 aliphatic carbocycles. The number of hydrogen-bond donors (Lipinski definition) is 2. The lowest BCUT2D eigenvalue weighted by Gasteiger charge is -2.03. The summed E-state index contributed by atoms with van der Waals surface area (Å²) in [6.45, 7) is 1.45. The van der Waals surface area contributed by atoms with Gasteiger partial charge in [0.1, 0.15) is 4.21 Å². The molecule has 2 rings (SSSR count). The SMILES string of the molecule is CC(=O)Nc1ccc(Sc2cc(Br)c(S(N)(=O)=O)s2)cc1. The third-order valence-electron chi connectivity index (χ3n) is 2.28. The number of carbonyl (C=O) groups is 1. The van der Waals surface area contributed by atoms with E-state index in [-0.39, 0.29) is 10.1 Å². The third kappa shape index (κ3) is 4.55. The zero-order valence-corrected chi connectivity index (χ0v) is 14.8. The second-order valence-electron chi connectivity index (χ2n) is 4.05. The topological polar surface area (TPSA) is 89.3 Å². The Balaban J connectivity index is 2.17. The number of carbonyl (C=O) groups excluding carboxylic acids is 1. The van der Waals surface area contributed by atoms with Crippen molar-refractivity contribution in [3.8, 4) is 0 Å². The maximum absolute atomic E-state index is 11.4. The number of hydrogen-bond acceptors (Lipinski definition) is 5. The predicted octanol–water partition coefficient (Wildman–Crippen LogP) is 3.27. The van der Waals surface area contributed by atoms with Crippen molar-refractivity contribution < 1.29 is 13.2 Å². The Morgan fingerprint density at radius 1 is 1.33 bits per heavy atom. The van der Waals surface area contributed by atoms with Crippen LogP contribution in [0.2, 0.25) is 0 Å².